The summed E-state index contributed by atoms with van der Waals surface area (Å²) >= 11 is 1.40. The van der Waals surface area contributed by atoms with Gasteiger partial charge in [0.1, 0.15) is 11.4 Å². The molecule has 0 atom stereocenters. The van der Waals surface area contributed by atoms with Crippen LogP contribution in [0.25, 0.3) is 21.3 Å². The molecule has 4 rings (SSSR count). The molecule has 156 valence electrons. The molecule has 2 aromatic carbocycles. The van der Waals surface area contributed by atoms with E-state index in [0.717, 1.165) is 11.1 Å². The number of amides is 1. The molecular weight excluding hydrogens is 414 g/mol. The highest BCUT2D eigenvalue weighted by Gasteiger charge is 2.15. The molecule has 0 fully saturated rings. The van der Waals surface area contributed by atoms with Crippen LogP contribution in [0, 0.1) is 0 Å². The van der Waals surface area contributed by atoms with E-state index in [1.165, 1.54) is 22.2 Å². The molecule has 0 saturated carbocycles. The summed E-state index contributed by atoms with van der Waals surface area (Å²) in [5.41, 5.74) is 2.38. The molecule has 2 aromatic heterocycles. The lowest BCUT2D eigenvalue weighted by Gasteiger charge is -2.08. The normalized spacial score (nSPS) is 10.7. The summed E-state index contributed by atoms with van der Waals surface area (Å²) in [5.74, 6) is -0.792. The highest BCUT2D eigenvalue weighted by molar-refractivity contribution is 7.17. The fourth-order valence-electron chi connectivity index (χ4n) is 3.17. The number of esters is 1. The molecule has 0 saturated heterocycles. The largest absolute Gasteiger partial charge is 0.462 e. The zero-order valence-electron chi connectivity index (χ0n) is 16.7. The second-order valence-corrected chi connectivity index (χ2v) is 7.58. The summed E-state index contributed by atoms with van der Waals surface area (Å²) in [5, 5.41) is 5.14. The Kier molecular flexibility index (Phi) is 5.90. The Morgan fingerprint density at radius 3 is 2.55 bits per heavy atom. The van der Waals surface area contributed by atoms with Gasteiger partial charge in [-0.05, 0) is 36.8 Å². The minimum atomic E-state index is -0.420. The molecule has 0 aliphatic heterocycles. The Balaban J connectivity index is 1.53. The third-order valence-corrected chi connectivity index (χ3v) is 5.53. The first-order valence-electron chi connectivity index (χ1n) is 9.66. The van der Waals surface area contributed by atoms with E-state index in [1.54, 1.807) is 31.2 Å². The number of aromatic nitrogens is 2. The molecule has 1 amide bonds. The number of nitrogens with one attached hydrogen (secondary N) is 1. The molecule has 1 N–H and O–H groups in total. The van der Waals surface area contributed by atoms with E-state index in [0.29, 0.717) is 28.1 Å². The number of hydrogen-bond donors (Lipinski definition) is 1. The van der Waals surface area contributed by atoms with Crippen molar-refractivity contribution in [2.45, 2.75) is 13.5 Å². The van der Waals surface area contributed by atoms with Crippen LogP contribution in [0.3, 0.4) is 0 Å². The van der Waals surface area contributed by atoms with Gasteiger partial charge < -0.3 is 10.1 Å². The van der Waals surface area contributed by atoms with Crippen LogP contribution in [-0.4, -0.2) is 28.0 Å². The fraction of sp³-hybridized carbons (Fsp3) is 0.130. The van der Waals surface area contributed by atoms with Gasteiger partial charge in [0, 0.05) is 16.6 Å². The monoisotopic (exact) mass is 433 g/mol. The highest BCUT2D eigenvalue weighted by atomic mass is 32.1. The summed E-state index contributed by atoms with van der Waals surface area (Å²) < 4.78 is 6.24. The molecule has 8 heteroatoms. The molecule has 4 aromatic rings. The van der Waals surface area contributed by atoms with Gasteiger partial charge in [-0.15, -0.1) is 11.3 Å². The zero-order chi connectivity index (χ0) is 21.8. The van der Waals surface area contributed by atoms with Gasteiger partial charge >= 0.3 is 5.97 Å². The lowest BCUT2D eigenvalue weighted by Crippen LogP contribution is -2.27. The zero-order valence-corrected chi connectivity index (χ0v) is 17.5. The Morgan fingerprint density at radius 2 is 1.84 bits per heavy atom. The average Bonchev–Trinajstić information content (AvgIpc) is 3.22. The maximum Gasteiger partial charge on any atom is 0.338 e. The van der Waals surface area contributed by atoms with Crippen LogP contribution in [0.2, 0.25) is 0 Å². The smallest absolute Gasteiger partial charge is 0.338 e. The van der Waals surface area contributed by atoms with Crippen molar-refractivity contribution in [1.29, 1.82) is 0 Å². The van der Waals surface area contributed by atoms with Gasteiger partial charge in [0.05, 0.1) is 23.9 Å². The molecule has 0 aliphatic carbocycles. The molecule has 0 spiro atoms. The quantitative estimate of drug-likeness (QED) is 0.465. The number of anilines is 1. The Morgan fingerprint density at radius 1 is 1.10 bits per heavy atom. The number of hydrogen-bond acceptors (Lipinski definition) is 6. The number of carbonyl (C=O) groups excluding carboxylic acids is 2. The van der Waals surface area contributed by atoms with Gasteiger partial charge in [0.15, 0.2) is 0 Å². The van der Waals surface area contributed by atoms with Crippen molar-refractivity contribution < 1.29 is 14.3 Å². The highest BCUT2D eigenvalue weighted by Crippen LogP contribution is 2.30. The first-order valence-corrected chi connectivity index (χ1v) is 10.5. The number of ether oxygens (including phenoxy) is 1. The maximum atomic E-state index is 13.1. The lowest BCUT2D eigenvalue weighted by atomic mass is 10.1. The van der Waals surface area contributed by atoms with Gasteiger partial charge in [0.2, 0.25) is 5.91 Å². The van der Waals surface area contributed by atoms with E-state index >= 15 is 0 Å². The van der Waals surface area contributed by atoms with Crippen LogP contribution < -0.4 is 10.9 Å². The van der Waals surface area contributed by atoms with Crippen LogP contribution in [0.1, 0.15) is 17.3 Å². The van der Waals surface area contributed by atoms with Crippen molar-refractivity contribution in [2.75, 3.05) is 11.9 Å². The maximum absolute atomic E-state index is 13.1. The Labute approximate surface area is 181 Å². The van der Waals surface area contributed by atoms with E-state index in [9.17, 15) is 14.4 Å². The van der Waals surface area contributed by atoms with Crippen LogP contribution in [0.5, 0.6) is 0 Å². The van der Waals surface area contributed by atoms with Crippen LogP contribution >= 0.6 is 11.3 Å². The van der Waals surface area contributed by atoms with Gasteiger partial charge in [-0.2, -0.15) is 0 Å². The molecule has 7 nitrogen and oxygen atoms in total. The average molecular weight is 433 g/mol. The van der Waals surface area contributed by atoms with E-state index < -0.39 is 5.97 Å². The predicted octanol–water partition coefficient (Wildman–Crippen LogP) is 3.94. The number of thiophene rings is 1. The summed E-state index contributed by atoms with van der Waals surface area (Å²) in [7, 11) is 0. The number of nitrogens with zero attached hydrogens (tertiary/aromatic N) is 2. The summed E-state index contributed by atoms with van der Waals surface area (Å²) in [6, 6.07) is 16.0. The van der Waals surface area contributed by atoms with Crippen molar-refractivity contribution in [1.82, 2.24) is 9.55 Å². The van der Waals surface area contributed by atoms with Crippen molar-refractivity contribution in [3.8, 4) is 11.1 Å². The van der Waals surface area contributed by atoms with Gasteiger partial charge in [-0.25, -0.2) is 9.78 Å². The van der Waals surface area contributed by atoms with Crippen molar-refractivity contribution in [2.24, 2.45) is 0 Å². The number of fused-ring (bicyclic) bond motifs is 1. The van der Waals surface area contributed by atoms with Gasteiger partial charge in [0.25, 0.3) is 5.56 Å². The van der Waals surface area contributed by atoms with E-state index in [1.807, 2.05) is 35.7 Å². The summed E-state index contributed by atoms with van der Waals surface area (Å²) in [6.45, 7) is 1.85. The topological polar surface area (TPSA) is 90.3 Å². The standard InChI is InChI=1S/C23H19N3O4S/c1-2-30-23(29)16-8-10-17(11-9-16)25-19(27)12-26-14-24-21-20(22(26)28)18(13-31-21)15-6-4-3-5-7-15/h3-11,13-14H,2,12H2,1H3,(H,25,27). The predicted molar refractivity (Wildman–Crippen MR) is 120 cm³/mol. The Hall–Kier alpha value is -3.78. The first-order chi connectivity index (χ1) is 15.1. The summed E-state index contributed by atoms with van der Waals surface area (Å²) in [4.78, 5) is 42.2. The summed E-state index contributed by atoms with van der Waals surface area (Å²) in [6.07, 6.45) is 1.39. The van der Waals surface area contributed by atoms with Gasteiger partial charge in [-0.3, -0.25) is 14.2 Å². The minimum Gasteiger partial charge on any atom is -0.462 e. The van der Waals surface area contributed by atoms with E-state index in [4.69, 9.17) is 4.74 Å². The SMILES string of the molecule is CCOC(=O)c1ccc(NC(=O)Cn2cnc3scc(-c4ccccc4)c3c2=O)cc1. The molecule has 0 aliphatic rings. The second-order valence-electron chi connectivity index (χ2n) is 6.72. The van der Waals surface area contributed by atoms with Crippen LogP contribution in [0.4, 0.5) is 5.69 Å². The van der Waals surface area contributed by atoms with Crippen molar-refractivity contribution in [3.63, 3.8) is 0 Å². The van der Waals surface area contributed by atoms with Crippen LogP contribution in [-0.2, 0) is 16.1 Å². The van der Waals surface area contributed by atoms with Crippen molar-refractivity contribution >= 4 is 39.1 Å². The van der Waals surface area contributed by atoms with Crippen LogP contribution in [0.15, 0.2) is 71.1 Å². The van der Waals surface area contributed by atoms with Crippen molar-refractivity contribution in [3.05, 3.63) is 82.2 Å². The molecule has 31 heavy (non-hydrogen) atoms. The first kappa shape index (κ1) is 20.5. The fourth-order valence-corrected chi connectivity index (χ4v) is 4.08. The molecule has 0 unspecified atom stereocenters. The third-order valence-electron chi connectivity index (χ3n) is 4.64. The third kappa shape index (κ3) is 4.39. The Bertz CT molecular complexity index is 1290. The van der Waals surface area contributed by atoms with E-state index in [2.05, 4.69) is 10.3 Å². The number of carbonyl (C=O) groups is 2. The molecule has 0 radical (unpaired) electrons. The number of benzene rings is 2. The van der Waals surface area contributed by atoms with E-state index in [-0.39, 0.29) is 18.0 Å². The molecule has 2 heterocycles. The molecule has 0 bridgehead atoms. The second kappa shape index (κ2) is 8.93. The molecular formula is C23H19N3O4S. The number of rotatable bonds is 6. The van der Waals surface area contributed by atoms with Gasteiger partial charge in [-0.1, -0.05) is 30.3 Å². The minimum absolute atomic E-state index is 0.175. The lowest BCUT2D eigenvalue weighted by molar-refractivity contribution is -0.116.